The van der Waals surface area contributed by atoms with Gasteiger partial charge in [0.25, 0.3) is 0 Å². The maximum Gasteiger partial charge on any atom is 0.308 e. The van der Waals surface area contributed by atoms with Gasteiger partial charge >= 0.3 is 5.97 Å². The number of hydrogen-bond donors (Lipinski definition) is 1. The summed E-state index contributed by atoms with van der Waals surface area (Å²) in [4.78, 5) is 14.0. The van der Waals surface area contributed by atoms with E-state index in [2.05, 4.69) is 4.90 Å². The first kappa shape index (κ1) is 21.1. The second-order valence-corrected chi connectivity index (χ2v) is 9.30. The number of para-hydroxylation sites is 3. The number of benzene rings is 2. The summed E-state index contributed by atoms with van der Waals surface area (Å²) in [5.41, 5.74) is 0.879. The zero-order valence-electron chi connectivity index (χ0n) is 18.6. The fourth-order valence-corrected chi connectivity index (χ4v) is 5.91. The number of rotatable bonds is 6. The first-order valence-corrected chi connectivity index (χ1v) is 11.7. The van der Waals surface area contributed by atoms with Crippen LogP contribution in [0.2, 0.25) is 0 Å². The van der Waals surface area contributed by atoms with E-state index in [-0.39, 0.29) is 23.2 Å². The highest BCUT2D eigenvalue weighted by molar-refractivity contribution is 5.71. The van der Waals surface area contributed by atoms with Gasteiger partial charge in [0.1, 0.15) is 0 Å². The summed E-state index contributed by atoms with van der Waals surface area (Å²) in [5.74, 6) is 2.10. The minimum absolute atomic E-state index is 0.0639. The molecule has 6 nitrogen and oxygen atoms in total. The van der Waals surface area contributed by atoms with Crippen LogP contribution in [-0.2, 0) is 10.2 Å². The monoisotopic (exact) mass is 437 g/mol. The fourth-order valence-electron chi connectivity index (χ4n) is 5.91. The molecule has 0 bridgehead atoms. The molecule has 2 aromatic carbocycles. The summed E-state index contributed by atoms with van der Waals surface area (Å²) in [5, 5.41) is 11.0. The van der Waals surface area contributed by atoms with E-state index < -0.39 is 5.97 Å². The molecule has 1 aliphatic carbocycles. The lowest BCUT2D eigenvalue weighted by atomic mass is 9.68. The van der Waals surface area contributed by atoms with Gasteiger partial charge in [0.05, 0.1) is 0 Å². The highest BCUT2D eigenvalue weighted by atomic mass is 16.7. The Kier molecular flexibility index (Phi) is 5.72. The topological polar surface area (TPSA) is 68.2 Å². The molecular formula is C26H31NO5. The molecule has 1 saturated heterocycles. The molecule has 1 unspecified atom stereocenters. The molecule has 0 spiro atoms. The van der Waals surface area contributed by atoms with Gasteiger partial charge in [-0.1, -0.05) is 37.1 Å². The van der Waals surface area contributed by atoms with Crippen molar-refractivity contribution in [2.45, 2.75) is 57.2 Å². The van der Waals surface area contributed by atoms with Gasteiger partial charge in [0, 0.05) is 37.4 Å². The number of phenolic OH excluding ortho intramolecular Hbond substituents is 1. The van der Waals surface area contributed by atoms with Crippen molar-refractivity contribution in [2.24, 2.45) is 5.92 Å². The first-order chi connectivity index (χ1) is 15.5. The van der Waals surface area contributed by atoms with Crippen LogP contribution in [-0.4, -0.2) is 41.9 Å². The number of hydrogen-bond acceptors (Lipinski definition) is 6. The van der Waals surface area contributed by atoms with Crippen molar-refractivity contribution in [3.05, 3.63) is 48.0 Å². The summed E-state index contributed by atoms with van der Waals surface area (Å²) in [7, 11) is 0. The molecule has 3 aliphatic rings. The number of ether oxygens (including phenoxy) is 3. The third kappa shape index (κ3) is 3.92. The molecule has 2 aromatic rings. The van der Waals surface area contributed by atoms with Crippen molar-refractivity contribution in [3.63, 3.8) is 0 Å². The summed E-state index contributed by atoms with van der Waals surface area (Å²) in [6.07, 6.45) is 6.15. The second kappa shape index (κ2) is 8.66. The van der Waals surface area contributed by atoms with Crippen LogP contribution in [0.4, 0.5) is 0 Å². The molecule has 0 aromatic heterocycles. The van der Waals surface area contributed by atoms with Gasteiger partial charge in [-0.05, 0) is 49.9 Å². The van der Waals surface area contributed by atoms with Crippen LogP contribution in [0, 0.1) is 5.92 Å². The molecule has 0 amide bonds. The number of likely N-dealkylation sites (tertiary alicyclic amines) is 1. The standard InChI is InChI=1S/C26H31NO5/c1-18(28)30-23-10-6-7-20(25(23)29)26(13-4-5-14-26)19-11-15-27(17-19)16-12-24-31-21-8-2-3-9-22(21)32-24/h2-3,6-10,19,24,29H,4-5,11-17H2,1H3. The average molecular weight is 438 g/mol. The van der Waals surface area contributed by atoms with Gasteiger partial charge in [0.15, 0.2) is 23.0 Å². The Morgan fingerprint density at radius 1 is 1.12 bits per heavy atom. The van der Waals surface area contributed by atoms with Crippen molar-refractivity contribution in [1.29, 1.82) is 0 Å². The lowest BCUT2D eigenvalue weighted by Gasteiger charge is -2.37. The highest BCUT2D eigenvalue weighted by Gasteiger charge is 2.47. The molecule has 1 saturated carbocycles. The number of phenols is 1. The van der Waals surface area contributed by atoms with E-state index in [1.165, 1.54) is 6.92 Å². The van der Waals surface area contributed by atoms with E-state index >= 15 is 0 Å². The first-order valence-electron chi connectivity index (χ1n) is 11.7. The average Bonchev–Trinajstić information content (AvgIpc) is 3.52. The Balaban J connectivity index is 1.26. The number of esters is 1. The van der Waals surface area contributed by atoms with Gasteiger partial charge in [0.2, 0.25) is 6.29 Å². The maximum atomic E-state index is 11.5. The van der Waals surface area contributed by atoms with Crippen molar-refractivity contribution >= 4 is 5.97 Å². The van der Waals surface area contributed by atoms with Crippen LogP contribution in [0.3, 0.4) is 0 Å². The molecule has 5 rings (SSSR count). The Morgan fingerprint density at radius 2 is 1.84 bits per heavy atom. The molecule has 2 aliphatic heterocycles. The third-order valence-electron chi connectivity index (χ3n) is 7.39. The molecule has 1 atom stereocenters. The third-order valence-corrected chi connectivity index (χ3v) is 7.39. The van der Waals surface area contributed by atoms with Crippen LogP contribution in [0.25, 0.3) is 0 Å². The molecule has 6 heteroatoms. The number of fused-ring (bicyclic) bond motifs is 1. The second-order valence-electron chi connectivity index (χ2n) is 9.30. The van der Waals surface area contributed by atoms with Gasteiger partial charge in [-0.2, -0.15) is 0 Å². The van der Waals surface area contributed by atoms with Gasteiger partial charge in [-0.25, -0.2) is 0 Å². The zero-order chi connectivity index (χ0) is 22.1. The summed E-state index contributed by atoms with van der Waals surface area (Å²) < 4.78 is 17.1. The minimum atomic E-state index is -0.413. The zero-order valence-corrected chi connectivity index (χ0v) is 18.6. The predicted molar refractivity (Wildman–Crippen MR) is 120 cm³/mol. The smallest absolute Gasteiger partial charge is 0.308 e. The predicted octanol–water partition coefficient (Wildman–Crippen LogP) is 4.64. The SMILES string of the molecule is CC(=O)Oc1cccc(C2(C3CCN(CCC4Oc5ccccc5O4)C3)CCCC2)c1O. The van der Waals surface area contributed by atoms with Gasteiger partial charge in [-0.15, -0.1) is 0 Å². The Bertz CT molecular complexity index is 959. The van der Waals surface area contributed by atoms with E-state index in [4.69, 9.17) is 14.2 Å². The lowest BCUT2D eigenvalue weighted by Crippen LogP contribution is -2.36. The Morgan fingerprint density at radius 3 is 2.53 bits per heavy atom. The van der Waals surface area contributed by atoms with Crippen molar-refractivity contribution in [2.75, 3.05) is 19.6 Å². The van der Waals surface area contributed by atoms with E-state index in [1.807, 2.05) is 36.4 Å². The highest BCUT2D eigenvalue weighted by Crippen LogP contribution is 2.53. The van der Waals surface area contributed by atoms with Crippen LogP contribution >= 0.6 is 0 Å². The molecular weight excluding hydrogens is 406 g/mol. The summed E-state index contributed by atoms with van der Waals surface area (Å²) in [6, 6.07) is 13.4. The van der Waals surface area contributed by atoms with E-state index in [1.54, 1.807) is 6.07 Å². The van der Waals surface area contributed by atoms with E-state index in [0.717, 1.165) is 75.2 Å². The maximum absolute atomic E-state index is 11.5. The Hall–Kier alpha value is -2.73. The number of nitrogens with zero attached hydrogens (tertiary/aromatic N) is 1. The molecule has 0 radical (unpaired) electrons. The summed E-state index contributed by atoms with van der Waals surface area (Å²) in [6.45, 7) is 4.32. The largest absolute Gasteiger partial charge is 0.504 e. The van der Waals surface area contributed by atoms with E-state index in [0.29, 0.717) is 5.92 Å². The molecule has 32 heavy (non-hydrogen) atoms. The lowest BCUT2D eigenvalue weighted by molar-refractivity contribution is -0.132. The normalized spacial score (nSPS) is 22.3. The molecule has 2 fully saturated rings. The van der Waals surface area contributed by atoms with Gasteiger partial charge in [-0.3, -0.25) is 4.79 Å². The van der Waals surface area contributed by atoms with Gasteiger partial charge < -0.3 is 24.2 Å². The molecule has 170 valence electrons. The molecule has 1 N–H and O–H groups in total. The quantitative estimate of drug-likeness (QED) is 0.525. The van der Waals surface area contributed by atoms with Crippen molar-refractivity contribution in [1.82, 2.24) is 4.90 Å². The van der Waals surface area contributed by atoms with E-state index in [9.17, 15) is 9.90 Å². The Labute approximate surface area is 189 Å². The number of carbonyl (C=O) groups is 1. The van der Waals surface area contributed by atoms with Crippen molar-refractivity contribution < 1.29 is 24.1 Å². The van der Waals surface area contributed by atoms with Crippen LogP contribution in [0.1, 0.15) is 51.0 Å². The van der Waals surface area contributed by atoms with Crippen LogP contribution < -0.4 is 14.2 Å². The molecule has 2 heterocycles. The summed E-state index contributed by atoms with van der Waals surface area (Å²) >= 11 is 0. The van der Waals surface area contributed by atoms with Crippen molar-refractivity contribution in [3.8, 4) is 23.0 Å². The minimum Gasteiger partial charge on any atom is -0.504 e. The number of aromatic hydroxyl groups is 1. The fraction of sp³-hybridized carbons (Fsp3) is 0.500. The van der Waals surface area contributed by atoms with Crippen LogP contribution in [0.15, 0.2) is 42.5 Å². The van der Waals surface area contributed by atoms with Crippen LogP contribution in [0.5, 0.6) is 23.0 Å². The number of carbonyl (C=O) groups excluding carboxylic acids is 1.